The molecule has 16 heavy (non-hydrogen) atoms. The molecule has 0 bridgehead atoms. The van der Waals surface area contributed by atoms with Gasteiger partial charge in [-0.15, -0.1) is 0 Å². The van der Waals surface area contributed by atoms with Crippen LogP contribution in [-0.2, 0) is 9.59 Å². The Morgan fingerprint density at radius 3 is 2.94 bits per heavy atom. The molecule has 1 unspecified atom stereocenters. The Morgan fingerprint density at radius 1 is 1.69 bits per heavy atom. The number of amides is 2. The summed E-state index contributed by atoms with van der Waals surface area (Å²) in [4.78, 5) is 21.8. The molecule has 88 valence electrons. The van der Waals surface area contributed by atoms with E-state index in [1.807, 2.05) is 0 Å². The zero-order chi connectivity index (χ0) is 12.2. The van der Waals surface area contributed by atoms with Gasteiger partial charge in [-0.25, -0.2) is 0 Å². The van der Waals surface area contributed by atoms with Crippen LogP contribution in [0.4, 0.5) is 8.78 Å². The van der Waals surface area contributed by atoms with Crippen LogP contribution in [-0.4, -0.2) is 30.3 Å². The summed E-state index contributed by atoms with van der Waals surface area (Å²) in [7, 11) is 0. The summed E-state index contributed by atoms with van der Waals surface area (Å²) in [5, 5.41) is 4.58. The lowest BCUT2D eigenvalue weighted by atomic mass is 10.0. The Balaban J connectivity index is 2.38. The van der Waals surface area contributed by atoms with Crippen LogP contribution in [0.5, 0.6) is 0 Å². The molecular formula is C10H12F2N2O2. The van der Waals surface area contributed by atoms with Crippen molar-refractivity contribution in [3.8, 4) is 11.8 Å². The maximum atomic E-state index is 12.8. The third kappa shape index (κ3) is 3.19. The van der Waals surface area contributed by atoms with Crippen LogP contribution in [0.3, 0.4) is 0 Å². The van der Waals surface area contributed by atoms with E-state index in [1.54, 1.807) is 0 Å². The third-order valence-electron chi connectivity index (χ3n) is 2.22. The lowest BCUT2D eigenvalue weighted by Crippen LogP contribution is -2.54. The topological polar surface area (TPSA) is 58.2 Å². The number of hydrogen-bond acceptors (Lipinski definition) is 2. The van der Waals surface area contributed by atoms with Crippen molar-refractivity contribution < 1.29 is 18.4 Å². The summed E-state index contributed by atoms with van der Waals surface area (Å²) < 4.78 is 25.5. The largest absolute Gasteiger partial charge is 0.346 e. The molecule has 1 saturated heterocycles. The molecule has 0 aromatic carbocycles. The monoisotopic (exact) mass is 230 g/mol. The van der Waals surface area contributed by atoms with Crippen LogP contribution in [0.25, 0.3) is 0 Å². The summed E-state index contributed by atoms with van der Waals surface area (Å²) >= 11 is 0. The molecule has 2 N–H and O–H groups in total. The highest BCUT2D eigenvalue weighted by Crippen LogP contribution is 2.25. The zero-order valence-corrected chi connectivity index (χ0v) is 8.77. The molecule has 1 heterocycles. The van der Waals surface area contributed by atoms with Crippen molar-refractivity contribution in [3.63, 3.8) is 0 Å². The van der Waals surface area contributed by atoms with Crippen molar-refractivity contribution in [2.45, 2.75) is 31.7 Å². The van der Waals surface area contributed by atoms with Crippen LogP contribution >= 0.6 is 0 Å². The lowest BCUT2D eigenvalue weighted by Gasteiger charge is -2.28. The Bertz CT molecular complexity index is 358. The molecule has 1 aliphatic rings. The Morgan fingerprint density at radius 2 is 2.38 bits per heavy atom. The van der Waals surface area contributed by atoms with Gasteiger partial charge in [-0.3, -0.25) is 9.59 Å². The van der Waals surface area contributed by atoms with Gasteiger partial charge in [-0.1, -0.05) is 5.92 Å². The zero-order valence-electron chi connectivity index (χ0n) is 8.77. The number of hydrogen-bond donors (Lipinski definition) is 2. The summed E-state index contributed by atoms with van der Waals surface area (Å²) in [5.41, 5.74) is 0. The highest BCUT2D eigenvalue weighted by atomic mass is 19.3. The van der Waals surface area contributed by atoms with Crippen molar-refractivity contribution in [2.24, 2.45) is 0 Å². The first-order valence-electron chi connectivity index (χ1n) is 4.85. The Hall–Kier alpha value is -1.64. The molecule has 0 radical (unpaired) electrons. The van der Waals surface area contributed by atoms with Gasteiger partial charge in [0.15, 0.2) is 0 Å². The minimum Gasteiger partial charge on any atom is -0.346 e. The van der Waals surface area contributed by atoms with E-state index in [0.717, 1.165) is 0 Å². The van der Waals surface area contributed by atoms with Gasteiger partial charge in [0.25, 0.3) is 11.8 Å². The first-order chi connectivity index (χ1) is 7.45. The molecule has 6 heteroatoms. The molecule has 4 nitrogen and oxygen atoms in total. The van der Waals surface area contributed by atoms with Crippen molar-refractivity contribution >= 4 is 11.8 Å². The molecule has 0 aromatic rings. The lowest BCUT2D eigenvalue weighted by molar-refractivity contribution is -0.151. The highest BCUT2D eigenvalue weighted by Gasteiger charge is 2.43. The molecular weight excluding hydrogens is 218 g/mol. The van der Waals surface area contributed by atoms with Crippen molar-refractivity contribution in [3.05, 3.63) is 0 Å². The molecule has 1 atom stereocenters. The van der Waals surface area contributed by atoms with E-state index in [9.17, 15) is 18.4 Å². The van der Waals surface area contributed by atoms with Gasteiger partial charge in [-0.2, -0.15) is 8.78 Å². The summed E-state index contributed by atoms with van der Waals surface area (Å²) in [6, 6.07) is -0.449. The number of piperidine rings is 1. The molecule has 2 amide bonds. The van der Waals surface area contributed by atoms with Gasteiger partial charge in [0.1, 0.15) is 0 Å². The smallest absolute Gasteiger partial charge is 0.324 e. The maximum Gasteiger partial charge on any atom is 0.324 e. The van der Waals surface area contributed by atoms with E-state index in [2.05, 4.69) is 22.5 Å². The molecule has 1 aliphatic heterocycles. The van der Waals surface area contributed by atoms with Crippen molar-refractivity contribution in [1.29, 1.82) is 0 Å². The molecule has 0 aromatic heterocycles. The molecule has 1 fully saturated rings. The Labute approximate surface area is 91.8 Å². The molecule has 1 rings (SSSR count). The standard InChI is InChI=1S/C10H12F2N2O2/c1-2-3-8(15)13-6-7-4-5-10(11,12)9(16)14-7/h7H,4-6H2,1H3,(H,13,15)(H,14,16). The summed E-state index contributed by atoms with van der Waals surface area (Å²) in [6.45, 7) is 1.64. The summed E-state index contributed by atoms with van der Waals surface area (Å²) in [6.07, 6.45) is -0.350. The van der Waals surface area contributed by atoms with Crippen LogP contribution in [0, 0.1) is 11.8 Å². The first-order valence-corrected chi connectivity index (χ1v) is 4.85. The molecule has 0 aliphatic carbocycles. The SMILES string of the molecule is CC#CC(=O)NCC1CCC(F)(F)C(=O)N1. The van der Waals surface area contributed by atoms with Crippen LogP contribution in [0.2, 0.25) is 0 Å². The number of alkyl halides is 2. The number of rotatable bonds is 2. The van der Waals surface area contributed by atoms with Crippen molar-refractivity contribution in [2.75, 3.05) is 6.54 Å². The van der Waals surface area contributed by atoms with E-state index in [0.29, 0.717) is 0 Å². The predicted molar refractivity (Wildman–Crippen MR) is 52.6 cm³/mol. The second-order valence-corrected chi connectivity index (χ2v) is 3.50. The fourth-order valence-electron chi connectivity index (χ4n) is 1.36. The van der Waals surface area contributed by atoms with E-state index in [1.165, 1.54) is 6.92 Å². The second-order valence-electron chi connectivity index (χ2n) is 3.50. The van der Waals surface area contributed by atoms with E-state index in [-0.39, 0.29) is 13.0 Å². The van der Waals surface area contributed by atoms with Crippen LogP contribution in [0.1, 0.15) is 19.8 Å². The van der Waals surface area contributed by atoms with Gasteiger partial charge in [0, 0.05) is 19.0 Å². The van der Waals surface area contributed by atoms with Gasteiger partial charge in [0.2, 0.25) is 0 Å². The van der Waals surface area contributed by atoms with E-state index in [4.69, 9.17) is 0 Å². The normalized spacial score (nSPS) is 22.7. The van der Waals surface area contributed by atoms with Crippen LogP contribution in [0.15, 0.2) is 0 Å². The average Bonchev–Trinajstić information content (AvgIpc) is 2.21. The number of carbonyl (C=O) groups is 2. The number of carbonyl (C=O) groups excluding carboxylic acids is 2. The molecule has 0 spiro atoms. The second kappa shape index (κ2) is 4.92. The maximum absolute atomic E-state index is 12.8. The van der Waals surface area contributed by atoms with Gasteiger partial charge >= 0.3 is 5.92 Å². The fourth-order valence-corrected chi connectivity index (χ4v) is 1.36. The van der Waals surface area contributed by atoms with E-state index >= 15 is 0 Å². The number of halogens is 2. The predicted octanol–water partition coefficient (Wildman–Crippen LogP) is 0.0398. The molecule has 0 saturated carbocycles. The highest BCUT2D eigenvalue weighted by molar-refractivity contribution is 5.93. The fraction of sp³-hybridized carbons (Fsp3) is 0.600. The Kier molecular flexibility index (Phi) is 3.82. The minimum atomic E-state index is -3.29. The quantitative estimate of drug-likeness (QED) is 0.658. The van der Waals surface area contributed by atoms with Gasteiger partial charge < -0.3 is 10.6 Å². The van der Waals surface area contributed by atoms with Gasteiger partial charge in [0.05, 0.1) is 0 Å². The van der Waals surface area contributed by atoms with Gasteiger partial charge in [-0.05, 0) is 19.3 Å². The van der Waals surface area contributed by atoms with Crippen LogP contribution < -0.4 is 10.6 Å². The van der Waals surface area contributed by atoms with E-state index < -0.39 is 30.2 Å². The first kappa shape index (κ1) is 12.4. The minimum absolute atomic E-state index is 0.120. The average molecular weight is 230 g/mol. The summed E-state index contributed by atoms with van der Waals surface area (Å²) in [5.74, 6) is -0.384. The third-order valence-corrected chi connectivity index (χ3v) is 2.22. The van der Waals surface area contributed by atoms with Crippen molar-refractivity contribution in [1.82, 2.24) is 10.6 Å². The number of nitrogens with one attached hydrogen (secondary N) is 2.